The zero-order chi connectivity index (χ0) is 32.2. The summed E-state index contributed by atoms with van der Waals surface area (Å²) < 4.78 is 16.1. The summed E-state index contributed by atoms with van der Waals surface area (Å²) in [5.41, 5.74) is 1.86. The quantitative estimate of drug-likeness (QED) is 0.309. The maximum atomic E-state index is 13.6. The van der Waals surface area contributed by atoms with Gasteiger partial charge in [-0.05, 0) is 54.0 Å². The van der Waals surface area contributed by atoms with Gasteiger partial charge in [-0.3, -0.25) is 14.4 Å². The number of rotatable bonds is 6. The van der Waals surface area contributed by atoms with Crippen molar-refractivity contribution < 1.29 is 33.4 Å². The van der Waals surface area contributed by atoms with Gasteiger partial charge in [0.25, 0.3) is 5.91 Å². The monoisotopic (exact) mass is 633 g/mol. The lowest BCUT2D eigenvalue weighted by Gasteiger charge is -2.24. The molecule has 0 bridgehead atoms. The molecule has 4 rings (SSSR count). The number of carbonyl (C=O) groups is 4. The molecule has 2 atom stereocenters. The van der Waals surface area contributed by atoms with E-state index in [4.69, 9.17) is 25.8 Å². The second kappa shape index (κ2) is 16.3. The molecule has 1 aliphatic rings. The molecule has 0 saturated carbocycles. The Balaban J connectivity index is 1.65. The molecule has 2 N–H and O–H groups in total. The lowest BCUT2D eigenvalue weighted by atomic mass is 10.0. The van der Waals surface area contributed by atoms with Crippen molar-refractivity contribution in [3.8, 4) is 11.5 Å². The maximum absolute atomic E-state index is 13.6. The summed E-state index contributed by atoms with van der Waals surface area (Å²) in [6.07, 6.45) is 3.64. The van der Waals surface area contributed by atoms with E-state index in [9.17, 15) is 19.2 Å². The van der Waals surface area contributed by atoms with Crippen LogP contribution >= 0.6 is 11.6 Å². The van der Waals surface area contributed by atoms with Gasteiger partial charge in [0.15, 0.2) is 0 Å². The van der Waals surface area contributed by atoms with Crippen molar-refractivity contribution in [1.29, 1.82) is 0 Å². The van der Waals surface area contributed by atoms with Crippen molar-refractivity contribution in [1.82, 2.24) is 15.5 Å². The molecule has 11 heteroatoms. The summed E-state index contributed by atoms with van der Waals surface area (Å²) in [4.78, 5) is 55.0. The van der Waals surface area contributed by atoms with Crippen LogP contribution in [0, 0.1) is 0 Å². The number of nitrogens with one attached hydrogen (secondary N) is 2. The Morgan fingerprint density at radius 3 is 2.42 bits per heavy atom. The van der Waals surface area contributed by atoms with E-state index in [0.29, 0.717) is 17.3 Å². The molecule has 1 heterocycles. The SMILES string of the molecule is COC(=O)[C@@H]1CCC(=O)N(Cc2ccc(OC)cc2)C/C=C/COc2cc(Cl)ccc2C(=O)N[C@H](Cc2ccccc2)C(=O)N1. The molecule has 0 fully saturated rings. The molecular weight excluding hydrogens is 598 g/mol. The summed E-state index contributed by atoms with van der Waals surface area (Å²) in [7, 11) is 2.79. The van der Waals surface area contributed by atoms with Crippen LogP contribution < -0.4 is 20.1 Å². The van der Waals surface area contributed by atoms with Crippen LogP contribution in [0.5, 0.6) is 11.5 Å². The van der Waals surface area contributed by atoms with Crippen molar-refractivity contribution in [2.45, 2.75) is 37.9 Å². The number of fused-ring (bicyclic) bond motifs is 1. The summed E-state index contributed by atoms with van der Waals surface area (Å²) in [6.45, 7) is 0.661. The van der Waals surface area contributed by atoms with Gasteiger partial charge < -0.3 is 29.7 Å². The first-order valence-corrected chi connectivity index (χ1v) is 14.9. The van der Waals surface area contributed by atoms with Crippen molar-refractivity contribution in [2.75, 3.05) is 27.4 Å². The molecule has 0 radical (unpaired) electrons. The van der Waals surface area contributed by atoms with E-state index in [2.05, 4.69) is 10.6 Å². The molecule has 0 unspecified atom stereocenters. The van der Waals surface area contributed by atoms with Crippen molar-refractivity contribution >= 4 is 35.3 Å². The average Bonchev–Trinajstić information content (AvgIpc) is 3.05. The first-order valence-electron chi connectivity index (χ1n) is 14.5. The van der Waals surface area contributed by atoms with Crippen molar-refractivity contribution in [2.24, 2.45) is 0 Å². The normalized spacial score (nSPS) is 18.8. The number of halogens is 1. The molecule has 0 spiro atoms. The Kier molecular flexibility index (Phi) is 12.0. The standard InChI is InChI=1S/C34H36ClN3O7/c1-43-26-13-10-24(11-14-26)22-38-18-6-7-19-45-30-21-25(35)12-15-27(30)32(40)37-29(20-23-8-4-3-5-9-23)33(41)36-28(34(42)44-2)16-17-31(38)39/h3-15,21,28-29H,16-20,22H2,1-2H3,(H,36,41)(H,37,40)/b7-6+/t28-,29+/m0/s1. The van der Waals surface area contributed by atoms with Gasteiger partial charge in [-0.2, -0.15) is 0 Å². The third-order valence-corrected chi connectivity index (χ3v) is 7.49. The zero-order valence-corrected chi connectivity index (χ0v) is 25.9. The Bertz CT molecular complexity index is 1510. The maximum Gasteiger partial charge on any atom is 0.328 e. The van der Waals surface area contributed by atoms with Crippen LogP contribution in [0.4, 0.5) is 0 Å². The Morgan fingerprint density at radius 2 is 1.71 bits per heavy atom. The van der Waals surface area contributed by atoms with Gasteiger partial charge in [0.05, 0.1) is 19.8 Å². The highest BCUT2D eigenvalue weighted by atomic mass is 35.5. The van der Waals surface area contributed by atoms with Gasteiger partial charge in [0.1, 0.15) is 30.2 Å². The minimum Gasteiger partial charge on any atom is -0.497 e. The molecule has 10 nitrogen and oxygen atoms in total. The molecule has 1 aliphatic heterocycles. The molecule has 236 valence electrons. The van der Waals surface area contributed by atoms with Gasteiger partial charge in [-0.1, -0.05) is 60.1 Å². The molecule has 3 aromatic rings. The summed E-state index contributed by atoms with van der Waals surface area (Å²) in [5, 5.41) is 5.86. The number of nitrogens with zero attached hydrogens (tertiary/aromatic N) is 1. The predicted molar refractivity (Wildman–Crippen MR) is 169 cm³/mol. The fourth-order valence-corrected chi connectivity index (χ4v) is 4.96. The number of ether oxygens (including phenoxy) is 3. The lowest BCUT2D eigenvalue weighted by Crippen LogP contribution is -2.53. The van der Waals surface area contributed by atoms with Gasteiger partial charge >= 0.3 is 5.97 Å². The van der Waals surface area contributed by atoms with E-state index in [1.807, 2.05) is 54.6 Å². The fourth-order valence-electron chi connectivity index (χ4n) is 4.80. The number of esters is 1. The van der Waals surface area contributed by atoms with Crippen LogP contribution in [0.1, 0.15) is 34.3 Å². The van der Waals surface area contributed by atoms with Crippen LogP contribution in [0.3, 0.4) is 0 Å². The molecule has 0 aliphatic carbocycles. The van der Waals surface area contributed by atoms with Crippen LogP contribution in [0.15, 0.2) is 84.9 Å². The first-order chi connectivity index (χ1) is 21.8. The summed E-state index contributed by atoms with van der Waals surface area (Å²) >= 11 is 6.22. The van der Waals surface area contributed by atoms with E-state index in [1.54, 1.807) is 30.2 Å². The van der Waals surface area contributed by atoms with Gasteiger partial charge in [-0.15, -0.1) is 0 Å². The minimum atomic E-state index is -1.12. The first kappa shape index (κ1) is 33.1. The highest BCUT2D eigenvalue weighted by molar-refractivity contribution is 6.30. The van der Waals surface area contributed by atoms with Gasteiger partial charge in [0, 0.05) is 31.0 Å². The van der Waals surface area contributed by atoms with Gasteiger partial charge in [0.2, 0.25) is 11.8 Å². The summed E-state index contributed by atoms with van der Waals surface area (Å²) in [5.74, 6) is -1.16. The largest absolute Gasteiger partial charge is 0.497 e. The predicted octanol–water partition coefficient (Wildman–Crippen LogP) is 4.11. The van der Waals surface area contributed by atoms with Gasteiger partial charge in [-0.25, -0.2) is 4.79 Å². The smallest absolute Gasteiger partial charge is 0.328 e. The van der Waals surface area contributed by atoms with E-state index in [-0.39, 0.29) is 49.6 Å². The number of hydrogen-bond acceptors (Lipinski definition) is 7. The number of benzene rings is 3. The Morgan fingerprint density at radius 1 is 0.956 bits per heavy atom. The summed E-state index contributed by atoms with van der Waals surface area (Å²) in [6, 6.07) is 19.0. The van der Waals surface area contributed by atoms with E-state index < -0.39 is 29.9 Å². The Hall–Kier alpha value is -4.83. The van der Waals surface area contributed by atoms with Crippen LogP contribution in [0.25, 0.3) is 0 Å². The lowest BCUT2D eigenvalue weighted by molar-refractivity contribution is -0.145. The fraction of sp³-hybridized carbons (Fsp3) is 0.294. The number of carbonyl (C=O) groups excluding carboxylic acids is 4. The highest BCUT2D eigenvalue weighted by Crippen LogP contribution is 2.24. The number of amides is 3. The van der Waals surface area contributed by atoms with Crippen LogP contribution in [-0.2, 0) is 32.1 Å². The zero-order valence-electron chi connectivity index (χ0n) is 25.2. The highest BCUT2D eigenvalue weighted by Gasteiger charge is 2.29. The third kappa shape index (κ3) is 9.58. The topological polar surface area (TPSA) is 123 Å². The number of hydrogen-bond donors (Lipinski definition) is 2. The van der Waals surface area contributed by atoms with Crippen LogP contribution in [-0.4, -0.2) is 68.0 Å². The Labute approximate surface area is 267 Å². The van der Waals surface area contributed by atoms with Crippen molar-refractivity contribution in [3.05, 3.63) is 107 Å². The van der Waals surface area contributed by atoms with E-state index in [0.717, 1.165) is 11.1 Å². The third-order valence-electron chi connectivity index (χ3n) is 7.25. The molecule has 0 saturated heterocycles. The molecule has 45 heavy (non-hydrogen) atoms. The second-order valence-electron chi connectivity index (χ2n) is 10.4. The van der Waals surface area contributed by atoms with Crippen LogP contribution in [0.2, 0.25) is 5.02 Å². The number of methoxy groups -OCH3 is 2. The molecule has 3 aromatic carbocycles. The molecule has 3 amide bonds. The average molecular weight is 634 g/mol. The molecular formula is C34H36ClN3O7. The second-order valence-corrected chi connectivity index (χ2v) is 10.8. The van der Waals surface area contributed by atoms with E-state index >= 15 is 0 Å². The molecule has 0 aromatic heterocycles. The van der Waals surface area contributed by atoms with Crippen molar-refractivity contribution in [3.63, 3.8) is 0 Å². The van der Waals surface area contributed by atoms with E-state index in [1.165, 1.54) is 19.2 Å². The minimum absolute atomic E-state index is 0.00345.